The number of halogens is 1. The van der Waals surface area contributed by atoms with Gasteiger partial charge in [-0.3, -0.25) is 0 Å². The SMILES string of the molecule is CC(O)(CC1CCCc2ccccc21)c1ccc(F)cc1. The topological polar surface area (TPSA) is 20.2 Å². The summed E-state index contributed by atoms with van der Waals surface area (Å²) in [7, 11) is 0. The molecule has 21 heavy (non-hydrogen) atoms. The van der Waals surface area contributed by atoms with Crippen molar-refractivity contribution < 1.29 is 9.50 Å². The van der Waals surface area contributed by atoms with Crippen molar-refractivity contribution in [1.82, 2.24) is 0 Å². The number of hydrogen-bond donors (Lipinski definition) is 1. The Bertz CT molecular complexity index is 616. The molecule has 0 bridgehead atoms. The van der Waals surface area contributed by atoms with Gasteiger partial charge in [0, 0.05) is 0 Å². The van der Waals surface area contributed by atoms with Gasteiger partial charge >= 0.3 is 0 Å². The highest BCUT2D eigenvalue weighted by molar-refractivity contribution is 5.33. The van der Waals surface area contributed by atoms with Crippen molar-refractivity contribution in [1.29, 1.82) is 0 Å². The first-order valence-corrected chi connectivity index (χ1v) is 7.62. The molecule has 2 heteroatoms. The number of benzene rings is 2. The molecule has 0 radical (unpaired) electrons. The number of rotatable bonds is 3. The van der Waals surface area contributed by atoms with Gasteiger partial charge in [0.25, 0.3) is 0 Å². The Hall–Kier alpha value is -1.67. The lowest BCUT2D eigenvalue weighted by atomic mass is 9.75. The fourth-order valence-electron chi connectivity index (χ4n) is 3.47. The molecule has 3 rings (SSSR count). The van der Waals surface area contributed by atoms with Crippen LogP contribution in [0.3, 0.4) is 0 Å². The first-order valence-electron chi connectivity index (χ1n) is 7.62. The van der Waals surface area contributed by atoms with Crippen LogP contribution in [0.4, 0.5) is 4.39 Å². The van der Waals surface area contributed by atoms with E-state index in [-0.39, 0.29) is 5.82 Å². The van der Waals surface area contributed by atoms with E-state index in [0.29, 0.717) is 12.3 Å². The fraction of sp³-hybridized carbons (Fsp3) is 0.368. The highest BCUT2D eigenvalue weighted by atomic mass is 19.1. The molecule has 0 fully saturated rings. The molecule has 1 aliphatic rings. The average molecular weight is 284 g/mol. The van der Waals surface area contributed by atoms with Gasteiger partial charge in [-0.2, -0.15) is 0 Å². The molecule has 0 saturated carbocycles. The molecule has 0 spiro atoms. The van der Waals surface area contributed by atoms with Crippen LogP contribution in [-0.4, -0.2) is 5.11 Å². The molecule has 2 atom stereocenters. The van der Waals surface area contributed by atoms with Crippen LogP contribution in [0.25, 0.3) is 0 Å². The molecule has 1 aliphatic carbocycles. The Kier molecular flexibility index (Phi) is 3.81. The Morgan fingerprint density at radius 3 is 2.62 bits per heavy atom. The Labute approximate surface area is 125 Å². The summed E-state index contributed by atoms with van der Waals surface area (Å²) in [4.78, 5) is 0. The van der Waals surface area contributed by atoms with Crippen LogP contribution >= 0.6 is 0 Å². The first-order chi connectivity index (χ1) is 10.1. The molecule has 0 aliphatic heterocycles. The van der Waals surface area contributed by atoms with E-state index in [1.807, 2.05) is 6.92 Å². The molecular weight excluding hydrogens is 263 g/mol. The molecule has 1 nitrogen and oxygen atoms in total. The van der Waals surface area contributed by atoms with Crippen LogP contribution in [-0.2, 0) is 12.0 Å². The molecular formula is C19H21FO. The lowest BCUT2D eigenvalue weighted by molar-refractivity contribution is 0.0380. The van der Waals surface area contributed by atoms with Crippen LogP contribution in [0.15, 0.2) is 48.5 Å². The molecule has 110 valence electrons. The van der Waals surface area contributed by atoms with Crippen molar-refractivity contribution in [2.45, 2.75) is 44.1 Å². The summed E-state index contributed by atoms with van der Waals surface area (Å²) in [6.45, 7) is 1.83. The summed E-state index contributed by atoms with van der Waals surface area (Å²) in [5, 5.41) is 10.8. The first kappa shape index (κ1) is 14.3. The number of aliphatic hydroxyl groups is 1. The normalized spacial score (nSPS) is 20.6. The predicted molar refractivity (Wildman–Crippen MR) is 82.7 cm³/mol. The van der Waals surface area contributed by atoms with E-state index >= 15 is 0 Å². The molecule has 0 saturated heterocycles. The van der Waals surface area contributed by atoms with Gasteiger partial charge in [0.05, 0.1) is 5.60 Å². The second kappa shape index (κ2) is 5.61. The number of aryl methyl sites for hydroxylation is 1. The minimum Gasteiger partial charge on any atom is -0.385 e. The van der Waals surface area contributed by atoms with Crippen molar-refractivity contribution in [3.63, 3.8) is 0 Å². The minimum absolute atomic E-state index is 0.266. The van der Waals surface area contributed by atoms with E-state index in [2.05, 4.69) is 24.3 Å². The lowest BCUT2D eigenvalue weighted by Gasteiger charge is -2.32. The van der Waals surface area contributed by atoms with Crippen molar-refractivity contribution in [3.05, 3.63) is 71.0 Å². The second-order valence-corrected chi connectivity index (χ2v) is 6.27. The highest BCUT2D eigenvalue weighted by Crippen LogP contribution is 2.40. The van der Waals surface area contributed by atoms with Gasteiger partial charge in [-0.15, -0.1) is 0 Å². The Balaban J connectivity index is 1.84. The van der Waals surface area contributed by atoms with Gasteiger partial charge in [-0.05, 0) is 67.3 Å². The third-order valence-corrected chi connectivity index (χ3v) is 4.60. The molecule has 2 aromatic rings. The van der Waals surface area contributed by atoms with Crippen molar-refractivity contribution >= 4 is 0 Å². The minimum atomic E-state index is -0.928. The highest BCUT2D eigenvalue weighted by Gasteiger charge is 2.30. The number of fused-ring (bicyclic) bond motifs is 1. The molecule has 0 amide bonds. The predicted octanol–water partition coefficient (Wildman–Crippen LogP) is 4.54. The van der Waals surface area contributed by atoms with Crippen molar-refractivity contribution in [3.8, 4) is 0 Å². The van der Waals surface area contributed by atoms with Gasteiger partial charge in [-0.1, -0.05) is 36.4 Å². The zero-order valence-electron chi connectivity index (χ0n) is 12.3. The van der Waals surface area contributed by atoms with E-state index in [1.165, 1.54) is 29.7 Å². The van der Waals surface area contributed by atoms with Crippen LogP contribution in [0.2, 0.25) is 0 Å². The monoisotopic (exact) mass is 284 g/mol. The van der Waals surface area contributed by atoms with Crippen LogP contribution in [0.1, 0.15) is 48.8 Å². The second-order valence-electron chi connectivity index (χ2n) is 6.27. The van der Waals surface area contributed by atoms with E-state index in [9.17, 15) is 9.50 Å². The lowest BCUT2D eigenvalue weighted by Crippen LogP contribution is -2.26. The summed E-state index contributed by atoms with van der Waals surface area (Å²) in [5.74, 6) is 0.104. The molecule has 1 N–H and O–H groups in total. The van der Waals surface area contributed by atoms with Gasteiger partial charge in [-0.25, -0.2) is 4.39 Å². The maximum Gasteiger partial charge on any atom is 0.123 e. The van der Waals surface area contributed by atoms with Crippen LogP contribution in [0, 0.1) is 5.82 Å². The summed E-state index contributed by atoms with van der Waals surface area (Å²) < 4.78 is 13.0. The van der Waals surface area contributed by atoms with E-state index in [4.69, 9.17) is 0 Å². The third kappa shape index (κ3) is 3.01. The summed E-state index contributed by atoms with van der Waals surface area (Å²) in [5.41, 5.74) is 2.63. The fourth-order valence-corrected chi connectivity index (χ4v) is 3.47. The summed E-state index contributed by atoms with van der Waals surface area (Å²) >= 11 is 0. The molecule has 2 aromatic carbocycles. The quantitative estimate of drug-likeness (QED) is 0.877. The average Bonchev–Trinajstić information content (AvgIpc) is 2.48. The maximum absolute atomic E-state index is 13.0. The zero-order valence-corrected chi connectivity index (χ0v) is 12.3. The van der Waals surface area contributed by atoms with Crippen LogP contribution in [0.5, 0.6) is 0 Å². The Morgan fingerprint density at radius 1 is 1.14 bits per heavy atom. The number of hydrogen-bond acceptors (Lipinski definition) is 1. The third-order valence-electron chi connectivity index (χ3n) is 4.60. The van der Waals surface area contributed by atoms with Crippen LogP contribution < -0.4 is 0 Å². The molecule has 0 aromatic heterocycles. The van der Waals surface area contributed by atoms with Gasteiger partial charge < -0.3 is 5.11 Å². The Morgan fingerprint density at radius 2 is 1.86 bits per heavy atom. The molecule has 2 unspecified atom stereocenters. The summed E-state index contributed by atoms with van der Waals surface area (Å²) in [6.07, 6.45) is 4.08. The van der Waals surface area contributed by atoms with E-state index < -0.39 is 5.60 Å². The van der Waals surface area contributed by atoms with Gasteiger partial charge in [0.2, 0.25) is 0 Å². The molecule has 0 heterocycles. The summed E-state index contributed by atoms with van der Waals surface area (Å²) in [6, 6.07) is 14.7. The van der Waals surface area contributed by atoms with Gasteiger partial charge in [0.15, 0.2) is 0 Å². The van der Waals surface area contributed by atoms with Crippen molar-refractivity contribution in [2.75, 3.05) is 0 Å². The maximum atomic E-state index is 13.0. The van der Waals surface area contributed by atoms with E-state index in [0.717, 1.165) is 18.4 Å². The smallest absolute Gasteiger partial charge is 0.123 e. The zero-order chi connectivity index (χ0) is 14.9. The standard InChI is InChI=1S/C19H21FO/c1-19(21,16-9-11-17(20)12-10-16)13-15-7-4-6-14-5-2-3-8-18(14)15/h2-3,5,8-12,15,21H,4,6-7,13H2,1H3. The largest absolute Gasteiger partial charge is 0.385 e. The van der Waals surface area contributed by atoms with Crippen molar-refractivity contribution in [2.24, 2.45) is 0 Å². The van der Waals surface area contributed by atoms with E-state index in [1.54, 1.807) is 12.1 Å². The van der Waals surface area contributed by atoms with Gasteiger partial charge in [0.1, 0.15) is 5.82 Å².